The third kappa shape index (κ3) is 1.76. The summed E-state index contributed by atoms with van der Waals surface area (Å²) in [6, 6.07) is 7.05. The molecule has 0 fully saturated rings. The van der Waals surface area contributed by atoms with Crippen LogP contribution in [0.2, 0.25) is 0 Å². The normalized spacial score (nSPS) is 20.1. The van der Waals surface area contributed by atoms with Gasteiger partial charge in [0.15, 0.2) is 0 Å². The first-order valence-electron chi connectivity index (χ1n) is 4.50. The molecule has 14 heavy (non-hydrogen) atoms. The molecule has 2 N–H and O–H groups in total. The Morgan fingerprint density at radius 1 is 1.29 bits per heavy atom. The topological polar surface area (TPSA) is 44.6 Å². The summed E-state index contributed by atoms with van der Waals surface area (Å²) in [6.07, 6.45) is 3.75. The van der Waals surface area contributed by atoms with E-state index in [2.05, 4.69) is 10.3 Å². The Morgan fingerprint density at radius 2 is 2.00 bits per heavy atom. The molecule has 0 amide bonds. The number of allylic oxidation sites excluding steroid dienone is 1. The second kappa shape index (κ2) is 3.54. The van der Waals surface area contributed by atoms with E-state index in [1.54, 1.807) is 12.1 Å². The van der Waals surface area contributed by atoms with Crippen molar-refractivity contribution >= 4 is 6.21 Å². The van der Waals surface area contributed by atoms with E-state index in [9.17, 15) is 0 Å². The highest BCUT2D eigenvalue weighted by atomic mass is 16.3. The van der Waals surface area contributed by atoms with Gasteiger partial charge in [-0.3, -0.25) is 4.99 Å². The van der Waals surface area contributed by atoms with Gasteiger partial charge in [-0.1, -0.05) is 12.1 Å². The van der Waals surface area contributed by atoms with Crippen molar-refractivity contribution in [3.63, 3.8) is 0 Å². The van der Waals surface area contributed by atoms with Crippen molar-refractivity contribution in [3.8, 4) is 5.75 Å². The van der Waals surface area contributed by atoms with Crippen LogP contribution in [0, 0.1) is 0 Å². The zero-order chi connectivity index (χ0) is 9.97. The lowest BCUT2D eigenvalue weighted by Gasteiger charge is -2.17. The molecule has 3 nitrogen and oxygen atoms in total. The fourth-order valence-corrected chi connectivity index (χ4v) is 1.32. The minimum atomic E-state index is -0.0284. The Labute approximate surface area is 82.8 Å². The molecule has 0 saturated carbocycles. The summed E-state index contributed by atoms with van der Waals surface area (Å²) in [5, 5.41) is 12.3. The van der Waals surface area contributed by atoms with Crippen LogP contribution in [-0.2, 0) is 0 Å². The van der Waals surface area contributed by atoms with Crippen LogP contribution in [0.15, 0.2) is 41.0 Å². The maximum atomic E-state index is 9.13. The molecular weight excluding hydrogens is 176 g/mol. The summed E-state index contributed by atoms with van der Waals surface area (Å²) in [6.45, 7) is 1.99. The van der Waals surface area contributed by atoms with Crippen LogP contribution in [0.25, 0.3) is 0 Å². The molecule has 0 spiro atoms. The first-order chi connectivity index (χ1) is 6.75. The predicted octanol–water partition coefficient (Wildman–Crippen LogP) is 1.97. The van der Waals surface area contributed by atoms with Gasteiger partial charge in [-0.15, -0.1) is 0 Å². The van der Waals surface area contributed by atoms with E-state index >= 15 is 0 Å². The lowest BCUT2D eigenvalue weighted by atomic mass is 10.1. The largest absolute Gasteiger partial charge is 0.508 e. The van der Waals surface area contributed by atoms with Gasteiger partial charge >= 0.3 is 0 Å². The quantitative estimate of drug-likeness (QED) is 0.707. The average Bonchev–Trinajstić information content (AvgIpc) is 2.21. The maximum absolute atomic E-state index is 9.13. The molecule has 1 atom stereocenters. The van der Waals surface area contributed by atoms with Crippen molar-refractivity contribution in [2.24, 2.45) is 4.99 Å². The number of nitrogens with zero attached hydrogens (tertiary/aromatic N) is 1. The fraction of sp³-hybridized carbons (Fsp3) is 0.182. The van der Waals surface area contributed by atoms with Crippen LogP contribution in [0.3, 0.4) is 0 Å². The molecule has 1 aliphatic heterocycles. The summed E-state index contributed by atoms with van der Waals surface area (Å²) in [4.78, 5) is 4.32. The van der Waals surface area contributed by atoms with Gasteiger partial charge < -0.3 is 10.4 Å². The summed E-state index contributed by atoms with van der Waals surface area (Å²) >= 11 is 0. The monoisotopic (exact) mass is 188 g/mol. The lowest BCUT2D eigenvalue weighted by Crippen LogP contribution is -2.17. The predicted molar refractivity (Wildman–Crippen MR) is 56.2 cm³/mol. The fourth-order valence-electron chi connectivity index (χ4n) is 1.32. The molecule has 1 aliphatic rings. The van der Waals surface area contributed by atoms with Crippen molar-refractivity contribution in [2.75, 3.05) is 0 Å². The van der Waals surface area contributed by atoms with Gasteiger partial charge in [0.1, 0.15) is 11.9 Å². The molecule has 3 heteroatoms. The van der Waals surface area contributed by atoms with E-state index in [1.165, 1.54) is 0 Å². The molecule has 1 heterocycles. The van der Waals surface area contributed by atoms with Crippen molar-refractivity contribution in [1.82, 2.24) is 5.32 Å². The molecule has 2 rings (SSSR count). The minimum absolute atomic E-state index is 0.0284. The second-order valence-corrected chi connectivity index (χ2v) is 3.33. The van der Waals surface area contributed by atoms with Gasteiger partial charge in [0.25, 0.3) is 0 Å². The summed E-state index contributed by atoms with van der Waals surface area (Å²) in [5.74, 6) is 0.278. The van der Waals surface area contributed by atoms with Crippen molar-refractivity contribution in [2.45, 2.75) is 13.1 Å². The van der Waals surface area contributed by atoms with Gasteiger partial charge in [-0.2, -0.15) is 0 Å². The SMILES string of the molecule is CC1=CNC(c2ccc(O)cc2)N=C1. The molecule has 0 bridgehead atoms. The highest BCUT2D eigenvalue weighted by Crippen LogP contribution is 2.19. The zero-order valence-corrected chi connectivity index (χ0v) is 7.94. The average molecular weight is 188 g/mol. The zero-order valence-electron chi connectivity index (χ0n) is 7.94. The number of phenols is 1. The highest BCUT2D eigenvalue weighted by molar-refractivity contribution is 5.78. The van der Waals surface area contributed by atoms with Crippen LogP contribution >= 0.6 is 0 Å². The molecule has 0 radical (unpaired) electrons. The molecule has 1 unspecified atom stereocenters. The maximum Gasteiger partial charge on any atom is 0.144 e. The minimum Gasteiger partial charge on any atom is -0.508 e. The van der Waals surface area contributed by atoms with E-state index in [-0.39, 0.29) is 11.9 Å². The Balaban J connectivity index is 2.18. The van der Waals surface area contributed by atoms with E-state index in [1.807, 2.05) is 31.5 Å². The number of benzene rings is 1. The van der Waals surface area contributed by atoms with E-state index in [0.717, 1.165) is 11.1 Å². The Kier molecular flexibility index (Phi) is 2.23. The van der Waals surface area contributed by atoms with Crippen LogP contribution in [-0.4, -0.2) is 11.3 Å². The summed E-state index contributed by atoms with van der Waals surface area (Å²) < 4.78 is 0. The number of nitrogens with one attached hydrogen (secondary N) is 1. The first kappa shape index (κ1) is 8.81. The summed E-state index contributed by atoms with van der Waals surface area (Å²) in [7, 11) is 0. The first-order valence-corrected chi connectivity index (χ1v) is 4.50. The smallest absolute Gasteiger partial charge is 0.144 e. The number of aliphatic imine (C=N–C) groups is 1. The molecular formula is C11H12N2O. The van der Waals surface area contributed by atoms with Crippen LogP contribution in [0.5, 0.6) is 5.75 Å². The van der Waals surface area contributed by atoms with Gasteiger partial charge in [0, 0.05) is 12.4 Å². The Bertz CT molecular complexity index is 379. The van der Waals surface area contributed by atoms with Gasteiger partial charge in [-0.25, -0.2) is 0 Å². The molecule has 0 aromatic heterocycles. The van der Waals surface area contributed by atoms with Crippen LogP contribution in [0.4, 0.5) is 0 Å². The number of hydrogen-bond donors (Lipinski definition) is 2. The standard InChI is InChI=1S/C11H12N2O/c1-8-6-12-11(13-7-8)9-2-4-10(14)5-3-9/h2-7,11-12,14H,1H3. The highest BCUT2D eigenvalue weighted by Gasteiger charge is 2.09. The van der Waals surface area contributed by atoms with Crippen LogP contribution < -0.4 is 5.32 Å². The lowest BCUT2D eigenvalue weighted by molar-refractivity contribution is 0.474. The van der Waals surface area contributed by atoms with Crippen molar-refractivity contribution in [1.29, 1.82) is 0 Å². The van der Waals surface area contributed by atoms with E-state index in [4.69, 9.17) is 5.11 Å². The molecule has 1 aromatic rings. The van der Waals surface area contributed by atoms with Gasteiger partial charge in [-0.05, 0) is 30.2 Å². The molecule has 72 valence electrons. The summed E-state index contributed by atoms with van der Waals surface area (Å²) in [5.41, 5.74) is 2.16. The van der Waals surface area contributed by atoms with Crippen molar-refractivity contribution in [3.05, 3.63) is 41.6 Å². The third-order valence-electron chi connectivity index (χ3n) is 2.10. The molecule has 0 aliphatic carbocycles. The van der Waals surface area contributed by atoms with Crippen molar-refractivity contribution < 1.29 is 5.11 Å². The van der Waals surface area contributed by atoms with E-state index in [0.29, 0.717) is 0 Å². The van der Waals surface area contributed by atoms with Crippen LogP contribution in [0.1, 0.15) is 18.7 Å². The van der Waals surface area contributed by atoms with E-state index < -0.39 is 0 Å². The third-order valence-corrected chi connectivity index (χ3v) is 2.10. The number of phenolic OH excluding ortho intramolecular Hbond substituents is 1. The number of aromatic hydroxyl groups is 1. The molecule has 0 saturated heterocycles. The Morgan fingerprint density at radius 3 is 2.57 bits per heavy atom. The second-order valence-electron chi connectivity index (χ2n) is 3.33. The van der Waals surface area contributed by atoms with Gasteiger partial charge in [0.2, 0.25) is 0 Å². The molecule has 1 aromatic carbocycles. The number of hydrogen-bond acceptors (Lipinski definition) is 3. The number of rotatable bonds is 1. The Hall–Kier alpha value is -1.77. The van der Waals surface area contributed by atoms with Gasteiger partial charge in [0.05, 0.1) is 0 Å².